The van der Waals surface area contributed by atoms with Crippen LogP contribution in [0, 0.1) is 0 Å². The number of halogens is 5. The van der Waals surface area contributed by atoms with E-state index in [9.17, 15) is 4.79 Å². The number of H-pyrrole nitrogens is 1. The lowest BCUT2D eigenvalue weighted by Crippen LogP contribution is -2.49. The van der Waals surface area contributed by atoms with E-state index >= 15 is 0 Å². The second-order valence-electron chi connectivity index (χ2n) is 11.0. The summed E-state index contributed by atoms with van der Waals surface area (Å²) in [5.74, 6) is 1.31. The average molecular weight is 691 g/mol. The highest BCUT2D eigenvalue weighted by atomic mass is 35.5. The third-order valence-corrected chi connectivity index (χ3v) is 8.26. The van der Waals surface area contributed by atoms with Crippen molar-refractivity contribution in [2.24, 2.45) is 0 Å². The largest absolute Gasteiger partial charge is 0.492 e. The lowest BCUT2D eigenvalue weighted by molar-refractivity contribution is 0.0971. The SMILES string of the molecule is CC(C)c1nn(-c2c(Cl)cc(Cl)cc2Cl)c2nc(Cc3ccc(OCCN4CCN(C(C)C)CC4)cc3)[nH]c(=O)c12.Cl.Cl. The Balaban J connectivity index is 0.00000253. The molecule has 4 aromatic rings. The molecule has 43 heavy (non-hydrogen) atoms. The summed E-state index contributed by atoms with van der Waals surface area (Å²) in [4.78, 5) is 26.0. The minimum Gasteiger partial charge on any atom is -0.492 e. The quantitative estimate of drug-likeness (QED) is 0.203. The van der Waals surface area contributed by atoms with Crippen LogP contribution in [0.5, 0.6) is 5.75 Å². The number of benzene rings is 2. The van der Waals surface area contributed by atoms with E-state index in [1.807, 2.05) is 38.1 Å². The Morgan fingerprint density at radius 3 is 2.16 bits per heavy atom. The number of nitrogens with one attached hydrogen (secondary N) is 1. The molecular formula is C30H37Cl5N6O2. The number of ether oxygens (including phenoxy) is 1. The first-order chi connectivity index (χ1) is 19.6. The zero-order valence-electron chi connectivity index (χ0n) is 24.6. The predicted octanol–water partition coefficient (Wildman–Crippen LogP) is 7.03. The molecule has 1 N–H and O–H groups in total. The van der Waals surface area contributed by atoms with Crippen molar-refractivity contribution in [3.05, 3.63) is 78.9 Å². The third kappa shape index (κ3) is 8.17. The smallest absolute Gasteiger partial charge is 0.262 e. The molecule has 3 heterocycles. The van der Waals surface area contributed by atoms with Gasteiger partial charge in [0, 0.05) is 50.2 Å². The molecule has 1 aliphatic heterocycles. The first-order valence-electron chi connectivity index (χ1n) is 14.0. The van der Waals surface area contributed by atoms with Gasteiger partial charge in [0.05, 0.1) is 15.7 Å². The maximum atomic E-state index is 13.3. The predicted molar refractivity (Wildman–Crippen MR) is 181 cm³/mol. The zero-order valence-corrected chi connectivity index (χ0v) is 28.5. The summed E-state index contributed by atoms with van der Waals surface area (Å²) in [5.41, 5.74) is 2.18. The van der Waals surface area contributed by atoms with E-state index in [2.05, 4.69) is 28.6 Å². The van der Waals surface area contributed by atoms with Gasteiger partial charge in [-0.1, -0.05) is 60.8 Å². The van der Waals surface area contributed by atoms with Gasteiger partial charge < -0.3 is 9.72 Å². The van der Waals surface area contributed by atoms with Crippen LogP contribution in [-0.4, -0.2) is 74.9 Å². The van der Waals surface area contributed by atoms with E-state index in [1.165, 1.54) is 0 Å². The second kappa shape index (κ2) is 15.3. The Bertz CT molecular complexity index is 1560. The topological polar surface area (TPSA) is 79.3 Å². The average Bonchev–Trinajstić information content (AvgIpc) is 3.29. The molecule has 0 aliphatic carbocycles. The second-order valence-corrected chi connectivity index (χ2v) is 12.3. The van der Waals surface area contributed by atoms with Gasteiger partial charge in [0.25, 0.3) is 5.56 Å². The van der Waals surface area contributed by atoms with Gasteiger partial charge in [-0.05, 0) is 49.6 Å². The number of hydrogen-bond acceptors (Lipinski definition) is 6. The van der Waals surface area contributed by atoms with Gasteiger partial charge in [0.15, 0.2) is 5.65 Å². The van der Waals surface area contributed by atoms with Crippen molar-refractivity contribution in [2.45, 2.75) is 46.1 Å². The minimum atomic E-state index is -0.254. The summed E-state index contributed by atoms with van der Waals surface area (Å²) in [6.07, 6.45) is 0.426. The van der Waals surface area contributed by atoms with Crippen LogP contribution in [0.3, 0.4) is 0 Å². The maximum absolute atomic E-state index is 13.3. The van der Waals surface area contributed by atoms with E-state index in [-0.39, 0.29) is 36.3 Å². The van der Waals surface area contributed by atoms with Crippen LogP contribution >= 0.6 is 59.6 Å². The molecule has 13 heteroatoms. The molecule has 0 atom stereocenters. The van der Waals surface area contributed by atoms with Gasteiger partial charge in [-0.2, -0.15) is 5.10 Å². The summed E-state index contributed by atoms with van der Waals surface area (Å²) in [7, 11) is 0. The summed E-state index contributed by atoms with van der Waals surface area (Å²) in [6, 6.07) is 11.7. The van der Waals surface area contributed by atoms with Crippen molar-refractivity contribution >= 4 is 70.7 Å². The summed E-state index contributed by atoms with van der Waals surface area (Å²) >= 11 is 19.2. The Labute approximate surface area is 279 Å². The fraction of sp³-hybridized carbons (Fsp3) is 0.433. The van der Waals surface area contributed by atoms with Crippen molar-refractivity contribution in [1.82, 2.24) is 29.5 Å². The molecular weight excluding hydrogens is 654 g/mol. The fourth-order valence-corrected chi connectivity index (χ4v) is 6.15. The van der Waals surface area contributed by atoms with Gasteiger partial charge in [-0.15, -0.1) is 24.8 Å². The number of piperazine rings is 1. The van der Waals surface area contributed by atoms with Crippen LogP contribution in [0.4, 0.5) is 0 Å². The van der Waals surface area contributed by atoms with Crippen LogP contribution in [-0.2, 0) is 6.42 Å². The first kappa shape index (κ1) is 35.4. The van der Waals surface area contributed by atoms with Crippen molar-refractivity contribution in [3.8, 4) is 11.4 Å². The first-order valence-corrected chi connectivity index (χ1v) is 15.1. The summed E-state index contributed by atoms with van der Waals surface area (Å²) < 4.78 is 7.56. The molecule has 0 radical (unpaired) electrons. The number of nitrogens with zero attached hydrogens (tertiary/aromatic N) is 5. The van der Waals surface area contributed by atoms with E-state index in [0.717, 1.165) is 44.0 Å². The van der Waals surface area contributed by atoms with Crippen molar-refractivity contribution < 1.29 is 4.74 Å². The molecule has 5 rings (SSSR count). The lowest BCUT2D eigenvalue weighted by Gasteiger charge is -2.36. The van der Waals surface area contributed by atoms with Gasteiger partial charge in [0.1, 0.15) is 29.3 Å². The molecule has 234 valence electrons. The van der Waals surface area contributed by atoms with E-state index in [1.54, 1.807) is 16.8 Å². The number of aromatic nitrogens is 4. The molecule has 1 aliphatic rings. The normalized spacial score (nSPS) is 14.3. The van der Waals surface area contributed by atoms with E-state index in [4.69, 9.17) is 49.6 Å². The molecule has 2 aromatic carbocycles. The monoisotopic (exact) mass is 688 g/mol. The van der Waals surface area contributed by atoms with Crippen LogP contribution < -0.4 is 10.3 Å². The number of rotatable bonds is 9. The van der Waals surface area contributed by atoms with Crippen molar-refractivity contribution in [2.75, 3.05) is 39.3 Å². The number of hydrogen-bond donors (Lipinski definition) is 1. The maximum Gasteiger partial charge on any atom is 0.262 e. The van der Waals surface area contributed by atoms with Gasteiger partial charge in [-0.25, -0.2) is 9.67 Å². The number of fused-ring (bicyclic) bond motifs is 1. The lowest BCUT2D eigenvalue weighted by atomic mass is 10.1. The van der Waals surface area contributed by atoms with Crippen LogP contribution in [0.25, 0.3) is 16.7 Å². The molecule has 0 bridgehead atoms. The fourth-order valence-electron chi connectivity index (χ4n) is 5.17. The van der Waals surface area contributed by atoms with Crippen LogP contribution in [0.1, 0.15) is 50.7 Å². The Morgan fingerprint density at radius 2 is 1.58 bits per heavy atom. The van der Waals surface area contributed by atoms with Crippen LogP contribution in [0.2, 0.25) is 15.1 Å². The molecule has 0 amide bonds. The molecule has 1 fully saturated rings. The Kier molecular flexibility index (Phi) is 12.6. The van der Waals surface area contributed by atoms with Gasteiger partial charge >= 0.3 is 0 Å². The molecule has 1 saturated heterocycles. The highest BCUT2D eigenvalue weighted by molar-refractivity contribution is 6.40. The van der Waals surface area contributed by atoms with Gasteiger partial charge in [0.2, 0.25) is 0 Å². The van der Waals surface area contributed by atoms with E-state index < -0.39 is 0 Å². The molecule has 8 nitrogen and oxygen atoms in total. The molecule has 0 spiro atoms. The highest BCUT2D eigenvalue weighted by Crippen LogP contribution is 2.34. The van der Waals surface area contributed by atoms with E-state index in [0.29, 0.717) is 62.4 Å². The van der Waals surface area contributed by atoms with Crippen LogP contribution in [0.15, 0.2) is 41.2 Å². The van der Waals surface area contributed by atoms with Crippen molar-refractivity contribution in [3.63, 3.8) is 0 Å². The van der Waals surface area contributed by atoms with Gasteiger partial charge in [-0.3, -0.25) is 14.6 Å². The summed E-state index contributed by atoms with van der Waals surface area (Å²) in [5, 5.41) is 6.17. The number of aromatic amines is 1. The Hall–Kier alpha value is -2.04. The highest BCUT2D eigenvalue weighted by Gasteiger charge is 2.23. The summed E-state index contributed by atoms with van der Waals surface area (Å²) in [6.45, 7) is 14.4. The standard InChI is InChI=1S/C30H35Cl3N6O2.2ClH/c1-18(2)27-26-29(39(36-27)28-23(32)16-21(31)17-24(28)33)34-25(35-30(26)40)15-20-5-7-22(8-6-20)41-14-13-37-9-11-38(12-10-37)19(3)4;;/h5-8,16-19H,9-15H2,1-4H3,(H,34,35,40);2*1H. The molecule has 2 aromatic heterocycles. The molecule has 0 saturated carbocycles. The van der Waals surface area contributed by atoms with Crippen molar-refractivity contribution in [1.29, 1.82) is 0 Å². The third-order valence-electron chi connectivity index (χ3n) is 7.46. The minimum absolute atomic E-state index is 0. The Morgan fingerprint density at radius 1 is 0.953 bits per heavy atom. The zero-order chi connectivity index (χ0) is 29.3. The molecule has 0 unspecified atom stereocenters.